The molecule has 226 valence electrons. The average Bonchev–Trinajstić information content (AvgIpc) is 3.49. The van der Waals surface area contributed by atoms with E-state index in [0.717, 1.165) is 24.8 Å². The molecule has 0 unspecified atom stereocenters. The molecule has 2 aliphatic heterocycles. The van der Waals surface area contributed by atoms with Gasteiger partial charge in [-0.3, -0.25) is 19.2 Å². The number of anilines is 1. The van der Waals surface area contributed by atoms with Gasteiger partial charge in [0.25, 0.3) is 5.91 Å². The fourth-order valence-electron chi connectivity index (χ4n) is 6.57. The van der Waals surface area contributed by atoms with Gasteiger partial charge in [-0.2, -0.15) is 5.26 Å². The molecule has 1 saturated carbocycles. The van der Waals surface area contributed by atoms with E-state index in [2.05, 4.69) is 16.7 Å². The second-order valence-corrected chi connectivity index (χ2v) is 12.6. The first-order valence-electron chi connectivity index (χ1n) is 15.0. The molecule has 2 N–H and O–H groups in total. The van der Waals surface area contributed by atoms with Crippen LogP contribution in [0.4, 0.5) is 10.1 Å². The molecule has 0 aromatic heterocycles. The van der Waals surface area contributed by atoms with Gasteiger partial charge in [0.2, 0.25) is 17.7 Å². The second kappa shape index (κ2) is 12.2. The number of nitrogens with one attached hydrogen (secondary N) is 2. The summed E-state index contributed by atoms with van der Waals surface area (Å²) in [6.07, 6.45) is 3.92. The van der Waals surface area contributed by atoms with Crippen molar-refractivity contribution in [3.8, 4) is 6.07 Å². The number of benzene rings is 2. The number of para-hydroxylation sites is 1. The smallest absolute Gasteiger partial charge is 0.251 e. The number of nitrogens with zero attached hydrogens (tertiary/aromatic N) is 3. The molecule has 2 heterocycles. The standard InChI is InChI=1S/C33H38FN5O4/c1-20(2)15-28(31(42)39-19-33(17-24(39)18-35)25-9-4-5-10-26(25)37-32(33)43)38(3)30(41)27(16-21-7-6-8-21)36-29(40)22-11-13-23(34)14-12-22/h4-5,9-14,20-21,24,27-28H,6-8,15-17,19H2,1-3H3,(H,36,40)(H,37,43)/t24-,27-,28-,33-/m0/s1. The zero-order chi connectivity index (χ0) is 30.9. The first kappa shape index (κ1) is 30.2. The summed E-state index contributed by atoms with van der Waals surface area (Å²) in [5.74, 6) is -1.67. The van der Waals surface area contributed by atoms with E-state index in [0.29, 0.717) is 18.5 Å². The molecule has 2 aromatic rings. The number of likely N-dealkylation sites (tertiary alicyclic amines) is 1. The minimum absolute atomic E-state index is 0.0377. The molecule has 2 aromatic carbocycles. The number of halogens is 1. The third-order valence-corrected chi connectivity index (χ3v) is 9.21. The maximum atomic E-state index is 14.3. The van der Waals surface area contributed by atoms with Crippen molar-refractivity contribution < 1.29 is 23.6 Å². The highest BCUT2D eigenvalue weighted by molar-refractivity contribution is 6.07. The number of amides is 4. The second-order valence-electron chi connectivity index (χ2n) is 12.6. The first-order valence-corrected chi connectivity index (χ1v) is 15.0. The third-order valence-electron chi connectivity index (χ3n) is 9.21. The van der Waals surface area contributed by atoms with Crippen LogP contribution in [-0.2, 0) is 19.8 Å². The van der Waals surface area contributed by atoms with E-state index in [4.69, 9.17) is 0 Å². The predicted molar refractivity (Wildman–Crippen MR) is 158 cm³/mol. The van der Waals surface area contributed by atoms with Gasteiger partial charge in [-0.25, -0.2) is 4.39 Å². The molecule has 4 atom stereocenters. The third kappa shape index (κ3) is 5.85. The Bertz CT molecular complexity index is 1450. The highest BCUT2D eigenvalue weighted by atomic mass is 19.1. The monoisotopic (exact) mass is 587 g/mol. The van der Waals surface area contributed by atoms with E-state index >= 15 is 0 Å². The molecule has 1 spiro atoms. The summed E-state index contributed by atoms with van der Waals surface area (Å²) in [6, 6.07) is 12.1. The molecule has 2 fully saturated rings. The van der Waals surface area contributed by atoms with Crippen LogP contribution in [0.2, 0.25) is 0 Å². The van der Waals surface area contributed by atoms with Gasteiger partial charge in [-0.05, 0) is 60.6 Å². The number of carbonyl (C=O) groups is 4. The Labute approximate surface area is 251 Å². The summed E-state index contributed by atoms with van der Waals surface area (Å²) in [7, 11) is 1.57. The fraction of sp³-hybridized carbons (Fsp3) is 0.485. The minimum atomic E-state index is -1.03. The van der Waals surface area contributed by atoms with Crippen LogP contribution < -0.4 is 10.6 Å². The lowest BCUT2D eigenvalue weighted by molar-refractivity contribution is -0.146. The number of rotatable bonds is 9. The Morgan fingerprint density at radius 3 is 2.49 bits per heavy atom. The molecule has 1 aliphatic carbocycles. The summed E-state index contributed by atoms with van der Waals surface area (Å²) in [4.78, 5) is 57.5. The lowest BCUT2D eigenvalue weighted by Gasteiger charge is -2.36. The van der Waals surface area contributed by atoms with Gasteiger partial charge >= 0.3 is 0 Å². The molecular weight excluding hydrogens is 549 g/mol. The van der Waals surface area contributed by atoms with Crippen molar-refractivity contribution in [3.05, 3.63) is 65.5 Å². The van der Waals surface area contributed by atoms with Crippen molar-refractivity contribution in [2.75, 3.05) is 18.9 Å². The fourth-order valence-corrected chi connectivity index (χ4v) is 6.57. The summed E-state index contributed by atoms with van der Waals surface area (Å²) in [6.45, 7) is 3.94. The molecule has 10 heteroatoms. The van der Waals surface area contributed by atoms with Gasteiger partial charge < -0.3 is 20.4 Å². The van der Waals surface area contributed by atoms with Crippen LogP contribution in [0.25, 0.3) is 0 Å². The molecule has 3 aliphatic rings. The molecule has 4 amide bonds. The van der Waals surface area contributed by atoms with E-state index in [-0.39, 0.29) is 36.3 Å². The van der Waals surface area contributed by atoms with Crippen molar-refractivity contribution in [2.24, 2.45) is 11.8 Å². The van der Waals surface area contributed by atoms with E-state index in [1.54, 1.807) is 7.05 Å². The Kier molecular flexibility index (Phi) is 8.54. The van der Waals surface area contributed by atoms with Crippen LogP contribution in [0.15, 0.2) is 48.5 Å². The van der Waals surface area contributed by atoms with Crippen LogP contribution in [-0.4, -0.2) is 65.1 Å². The van der Waals surface area contributed by atoms with Crippen molar-refractivity contribution in [1.82, 2.24) is 15.1 Å². The summed E-state index contributed by atoms with van der Waals surface area (Å²) < 4.78 is 13.4. The number of carbonyl (C=O) groups excluding carboxylic acids is 4. The topological polar surface area (TPSA) is 123 Å². The number of likely N-dealkylation sites (N-methyl/N-ethyl adjacent to an activating group) is 1. The SMILES string of the molecule is CC(C)C[C@@H](C(=O)N1C[C@]2(C[C@H]1C#N)C(=O)Nc1ccccc12)N(C)C(=O)[C@H](CC1CCC1)NC(=O)c1ccc(F)cc1. The van der Waals surface area contributed by atoms with Crippen LogP contribution in [0.1, 0.15) is 68.3 Å². The first-order chi connectivity index (χ1) is 20.5. The van der Waals surface area contributed by atoms with E-state index in [1.165, 1.54) is 34.1 Å². The van der Waals surface area contributed by atoms with Gasteiger partial charge in [0.1, 0.15) is 23.9 Å². The molecule has 9 nitrogen and oxygen atoms in total. The van der Waals surface area contributed by atoms with Crippen LogP contribution in [0.3, 0.4) is 0 Å². The lowest BCUT2D eigenvalue weighted by atomic mass is 9.80. The zero-order valence-electron chi connectivity index (χ0n) is 24.8. The normalized spacial score (nSPS) is 22.4. The van der Waals surface area contributed by atoms with Crippen molar-refractivity contribution in [1.29, 1.82) is 5.26 Å². The largest absolute Gasteiger partial charge is 0.340 e. The Balaban J connectivity index is 1.40. The summed E-state index contributed by atoms with van der Waals surface area (Å²) in [5.41, 5.74) is 0.650. The molecular formula is C33H38FN5O4. The van der Waals surface area contributed by atoms with Gasteiger partial charge in [0.05, 0.1) is 11.5 Å². The molecule has 0 radical (unpaired) electrons. The molecule has 1 saturated heterocycles. The van der Waals surface area contributed by atoms with Gasteiger partial charge in [-0.1, -0.05) is 51.3 Å². The maximum Gasteiger partial charge on any atom is 0.251 e. The number of fused-ring (bicyclic) bond motifs is 2. The quantitative estimate of drug-likeness (QED) is 0.459. The predicted octanol–water partition coefficient (Wildman–Crippen LogP) is 4.00. The average molecular weight is 588 g/mol. The molecule has 5 rings (SSSR count). The number of hydrogen-bond donors (Lipinski definition) is 2. The van der Waals surface area contributed by atoms with Crippen molar-refractivity contribution in [2.45, 2.75) is 75.9 Å². The Morgan fingerprint density at radius 2 is 1.86 bits per heavy atom. The Morgan fingerprint density at radius 1 is 1.16 bits per heavy atom. The lowest BCUT2D eigenvalue weighted by Crippen LogP contribution is -2.56. The zero-order valence-corrected chi connectivity index (χ0v) is 24.8. The van der Waals surface area contributed by atoms with Crippen molar-refractivity contribution >= 4 is 29.3 Å². The number of hydrogen-bond acceptors (Lipinski definition) is 5. The Hall–Kier alpha value is -4.26. The van der Waals surface area contributed by atoms with Crippen LogP contribution in [0.5, 0.6) is 0 Å². The van der Waals surface area contributed by atoms with Crippen LogP contribution >= 0.6 is 0 Å². The van der Waals surface area contributed by atoms with E-state index < -0.39 is 47.1 Å². The minimum Gasteiger partial charge on any atom is -0.340 e. The van der Waals surface area contributed by atoms with Gasteiger partial charge in [-0.15, -0.1) is 0 Å². The van der Waals surface area contributed by atoms with Crippen LogP contribution in [0, 0.1) is 29.0 Å². The van der Waals surface area contributed by atoms with Gasteiger partial charge in [0.15, 0.2) is 0 Å². The highest BCUT2D eigenvalue weighted by Gasteiger charge is 2.56. The number of nitriles is 1. The summed E-state index contributed by atoms with van der Waals surface area (Å²) >= 11 is 0. The van der Waals surface area contributed by atoms with E-state index in [9.17, 15) is 28.8 Å². The molecule has 0 bridgehead atoms. The highest BCUT2D eigenvalue weighted by Crippen LogP contribution is 2.46. The maximum absolute atomic E-state index is 14.3. The molecule has 43 heavy (non-hydrogen) atoms. The van der Waals surface area contributed by atoms with E-state index in [1.807, 2.05) is 38.1 Å². The summed E-state index contributed by atoms with van der Waals surface area (Å²) in [5, 5.41) is 15.8. The van der Waals surface area contributed by atoms with Crippen molar-refractivity contribution in [3.63, 3.8) is 0 Å². The van der Waals surface area contributed by atoms with Gasteiger partial charge in [0, 0.05) is 31.3 Å².